The number of hydrogen-bond acceptors (Lipinski definition) is 4. The monoisotopic (exact) mass is 265 g/mol. The lowest BCUT2D eigenvalue weighted by molar-refractivity contribution is -0.139. The minimum atomic E-state index is -1.12. The molecule has 1 aromatic carbocycles. The number of ether oxygens (including phenoxy) is 1. The average molecular weight is 265 g/mol. The van der Waals surface area contributed by atoms with E-state index in [0.29, 0.717) is 0 Å². The van der Waals surface area contributed by atoms with Crippen molar-refractivity contribution in [3.63, 3.8) is 0 Å². The Morgan fingerprint density at radius 1 is 1.26 bits per heavy atom. The van der Waals surface area contributed by atoms with Crippen LogP contribution in [-0.4, -0.2) is 36.1 Å². The van der Waals surface area contributed by atoms with Gasteiger partial charge in [0.15, 0.2) is 0 Å². The summed E-state index contributed by atoms with van der Waals surface area (Å²) in [5.74, 6) is -2.38. The number of amides is 1. The molecule has 6 heteroatoms. The number of hydrogen-bond donors (Lipinski definition) is 2. The summed E-state index contributed by atoms with van der Waals surface area (Å²) in [5.41, 5.74) is 0.191. The van der Waals surface area contributed by atoms with E-state index in [9.17, 15) is 14.4 Å². The van der Waals surface area contributed by atoms with Gasteiger partial charge in [-0.25, -0.2) is 9.59 Å². The number of carbonyl (C=O) groups excluding carboxylic acids is 2. The van der Waals surface area contributed by atoms with Crippen molar-refractivity contribution in [3.05, 3.63) is 35.4 Å². The van der Waals surface area contributed by atoms with E-state index < -0.39 is 23.9 Å². The fourth-order valence-electron chi connectivity index (χ4n) is 1.54. The number of carbonyl (C=O) groups is 3. The number of aliphatic carboxylic acids is 1. The molecule has 1 unspecified atom stereocenters. The van der Waals surface area contributed by atoms with Crippen molar-refractivity contribution < 1.29 is 24.2 Å². The van der Waals surface area contributed by atoms with E-state index in [1.807, 2.05) is 0 Å². The van der Waals surface area contributed by atoms with Crippen LogP contribution in [0.25, 0.3) is 0 Å². The van der Waals surface area contributed by atoms with Crippen LogP contribution in [0.1, 0.15) is 34.1 Å². The smallest absolute Gasteiger partial charge is 0.338 e. The number of benzene rings is 1. The molecule has 0 aliphatic carbocycles. The molecule has 6 nitrogen and oxygen atoms in total. The maximum Gasteiger partial charge on any atom is 0.338 e. The van der Waals surface area contributed by atoms with E-state index in [1.54, 1.807) is 19.1 Å². The molecule has 0 aromatic heterocycles. The molecule has 1 rings (SSSR count). The molecule has 1 amide bonds. The second kappa shape index (κ2) is 6.53. The Balaban J connectivity index is 3.00. The SMILES string of the molecule is CCC(NC(=O)c1ccccc1C(=O)OC)C(=O)O. The van der Waals surface area contributed by atoms with E-state index in [1.165, 1.54) is 19.2 Å². The van der Waals surface area contributed by atoms with Gasteiger partial charge in [0.1, 0.15) is 6.04 Å². The number of rotatable bonds is 5. The first-order valence-electron chi connectivity index (χ1n) is 5.72. The van der Waals surface area contributed by atoms with E-state index in [2.05, 4.69) is 10.1 Å². The van der Waals surface area contributed by atoms with Crippen molar-refractivity contribution in [2.75, 3.05) is 7.11 Å². The zero-order valence-electron chi connectivity index (χ0n) is 10.7. The van der Waals surface area contributed by atoms with E-state index in [-0.39, 0.29) is 17.5 Å². The van der Waals surface area contributed by atoms with Gasteiger partial charge < -0.3 is 15.2 Å². The highest BCUT2D eigenvalue weighted by molar-refractivity contribution is 6.06. The molecule has 0 aliphatic rings. The Morgan fingerprint density at radius 2 is 1.84 bits per heavy atom. The van der Waals surface area contributed by atoms with Gasteiger partial charge >= 0.3 is 11.9 Å². The van der Waals surface area contributed by atoms with Crippen LogP contribution in [0.5, 0.6) is 0 Å². The highest BCUT2D eigenvalue weighted by Crippen LogP contribution is 2.10. The molecular formula is C13H15NO5. The molecule has 0 aliphatic heterocycles. The molecule has 0 radical (unpaired) electrons. The molecule has 2 N–H and O–H groups in total. The van der Waals surface area contributed by atoms with Crippen LogP contribution in [0.4, 0.5) is 0 Å². The first-order valence-corrected chi connectivity index (χ1v) is 5.72. The number of nitrogens with one attached hydrogen (secondary N) is 1. The molecule has 0 spiro atoms. The van der Waals surface area contributed by atoms with Gasteiger partial charge in [0.25, 0.3) is 5.91 Å². The minimum Gasteiger partial charge on any atom is -0.480 e. The summed E-state index contributed by atoms with van der Waals surface area (Å²) in [6, 6.07) is 5.08. The number of carboxylic acids is 1. The molecule has 0 saturated carbocycles. The average Bonchev–Trinajstić information content (AvgIpc) is 2.43. The minimum absolute atomic E-state index is 0.0917. The molecule has 0 saturated heterocycles. The van der Waals surface area contributed by atoms with Gasteiger partial charge in [0, 0.05) is 0 Å². The zero-order valence-corrected chi connectivity index (χ0v) is 10.7. The summed E-state index contributed by atoms with van der Waals surface area (Å²) in [7, 11) is 1.21. The third-order valence-electron chi connectivity index (χ3n) is 2.59. The van der Waals surface area contributed by atoms with Crippen LogP contribution < -0.4 is 5.32 Å². The van der Waals surface area contributed by atoms with Crippen LogP contribution in [0.2, 0.25) is 0 Å². The molecule has 0 heterocycles. The quantitative estimate of drug-likeness (QED) is 0.777. The third kappa shape index (κ3) is 3.54. The Morgan fingerprint density at radius 3 is 2.32 bits per heavy atom. The van der Waals surface area contributed by atoms with Gasteiger partial charge in [-0.05, 0) is 18.6 Å². The Labute approximate surface area is 110 Å². The van der Waals surface area contributed by atoms with Gasteiger partial charge in [-0.2, -0.15) is 0 Å². The molecule has 1 aromatic rings. The maximum absolute atomic E-state index is 12.0. The first-order chi connectivity index (χ1) is 9.01. The Bertz CT molecular complexity index is 498. The fourth-order valence-corrected chi connectivity index (χ4v) is 1.54. The highest BCUT2D eigenvalue weighted by Gasteiger charge is 2.22. The summed E-state index contributed by atoms with van der Waals surface area (Å²) in [6.45, 7) is 1.64. The van der Waals surface area contributed by atoms with Crippen LogP contribution in [0, 0.1) is 0 Å². The number of esters is 1. The topological polar surface area (TPSA) is 92.7 Å². The van der Waals surface area contributed by atoms with Crippen molar-refractivity contribution in [2.24, 2.45) is 0 Å². The molecule has 0 bridgehead atoms. The van der Waals surface area contributed by atoms with Crippen molar-refractivity contribution >= 4 is 17.8 Å². The number of methoxy groups -OCH3 is 1. The molecule has 102 valence electrons. The van der Waals surface area contributed by atoms with Crippen LogP contribution >= 0.6 is 0 Å². The van der Waals surface area contributed by atoms with Crippen molar-refractivity contribution in [1.29, 1.82) is 0 Å². The second-order valence-electron chi connectivity index (χ2n) is 3.81. The van der Waals surface area contributed by atoms with Gasteiger partial charge in [0.2, 0.25) is 0 Å². The van der Waals surface area contributed by atoms with E-state index >= 15 is 0 Å². The maximum atomic E-state index is 12.0. The molecule has 0 fully saturated rings. The van der Waals surface area contributed by atoms with Crippen LogP contribution in [-0.2, 0) is 9.53 Å². The lowest BCUT2D eigenvalue weighted by Gasteiger charge is -2.13. The standard InChI is InChI=1S/C13H15NO5/c1-3-10(12(16)17)14-11(15)8-6-4-5-7-9(8)13(18)19-2/h4-7,10H,3H2,1-2H3,(H,14,15)(H,16,17). The van der Waals surface area contributed by atoms with Crippen molar-refractivity contribution in [1.82, 2.24) is 5.32 Å². The van der Waals surface area contributed by atoms with Crippen LogP contribution in [0.3, 0.4) is 0 Å². The summed E-state index contributed by atoms with van der Waals surface area (Å²) in [4.78, 5) is 34.4. The molecule has 1 atom stereocenters. The van der Waals surface area contributed by atoms with Crippen molar-refractivity contribution in [2.45, 2.75) is 19.4 Å². The zero-order chi connectivity index (χ0) is 14.4. The first kappa shape index (κ1) is 14.7. The summed E-state index contributed by atoms with van der Waals surface area (Å²) in [6.07, 6.45) is 0.251. The van der Waals surface area contributed by atoms with Gasteiger partial charge in [-0.1, -0.05) is 19.1 Å². The summed E-state index contributed by atoms with van der Waals surface area (Å²) < 4.78 is 4.57. The Hall–Kier alpha value is -2.37. The van der Waals surface area contributed by atoms with Gasteiger partial charge in [-0.3, -0.25) is 4.79 Å². The third-order valence-corrected chi connectivity index (χ3v) is 2.59. The van der Waals surface area contributed by atoms with E-state index in [0.717, 1.165) is 0 Å². The van der Waals surface area contributed by atoms with E-state index in [4.69, 9.17) is 5.11 Å². The van der Waals surface area contributed by atoms with Crippen molar-refractivity contribution in [3.8, 4) is 0 Å². The highest BCUT2D eigenvalue weighted by atomic mass is 16.5. The lowest BCUT2D eigenvalue weighted by Crippen LogP contribution is -2.40. The molecule has 19 heavy (non-hydrogen) atoms. The van der Waals surface area contributed by atoms with Gasteiger partial charge in [0.05, 0.1) is 18.2 Å². The summed E-state index contributed by atoms with van der Waals surface area (Å²) >= 11 is 0. The fraction of sp³-hybridized carbons (Fsp3) is 0.308. The number of carboxylic acid groups (broad SMARTS) is 1. The predicted octanol–water partition coefficient (Wildman–Crippen LogP) is 1.07. The van der Waals surface area contributed by atoms with Gasteiger partial charge in [-0.15, -0.1) is 0 Å². The molecular weight excluding hydrogens is 250 g/mol. The van der Waals surface area contributed by atoms with Crippen LogP contribution in [0.15, 0.2) is 24.3 Å². The predicted molar refractivity (Wildman–Crippen MR) is 67.0 cm³/mol. The second-order valence-corrected chi connectivity index (χ2v) is 3.81. The Kier molecular flexibility index (Phi) is 5.05. The summed E-state index contributed by atoms with van der Waals surface area (Å²) in [5, 5.41) is 11.2. The normalized spacial score (nSPS) is 11.5. The largest absolute Gasteiger partial charge is 0.480 e. The lowest BCUT2D eigenvalue weighted by atomic mass is 10.1.